The highest BCUT2D eigenvalue weighted by Crippen LogP contribution is 2.26. The van der Waals surface area contributed by atoms with Crippen LogP contribution in [0.25, 0.3) is 0 Å². The lowest BCUT2D eigenvalue weighted by molar-refractivity contribution is 0.0698. The number of anilines is 3. The fourth-order valence-corrected chi connectivity index (χ4v) is 3.71. The number of hydrogen-bond acceptors (Lipinski definition) is 4. The smallest absolute Gasteiger partial charge is 0.337 e. The van der Waals surface area contributed by atoms with Crippen molar-refractivity contribution in [1.82, 2.24) is 0 Å². The summed E-state index contributed by atoms with van der Waals surface area (Å²) in [5, 5.41) is 12.2. The number of para-hydroxylation sites is 1. The third kappa shape index (κ3) is 4.50. The summed E-state index contributed by atoms with van der Waals surface area (Å²) in [5.74, 6) is -2.51. The summed E-state index contributed by atoms with van der Waals surface area (Å²) in [5.41, 5.74) is 1.90. The summed E-state index contributed by atoms with van der Waals surface area (Å²) in [6.45, 7) is 3.13. The first-order valence-corrected chi connectivity index (χ1v) is 10.0. The number of nitrogens with one attached hydrogen (secondary N) is 1. The first-order valence-electron chi connectivity index (χ1n) is 10.0. The number of halogens is 1. The predicted octanol–water partition coefficient (Wildman–Crippen LogP) is 4.10. The number of carboxylic acids is 1. The van der Waals surface area contributed by atoms with Crippen molar-refractivity contribution < 1.29 is 19.1 Å². The van der Waals surface area contributed by atoms with Gasteiger partial charge in [0.15, 0.2) is 0 Å². The predicted molar refractivity (Wildman–Crippen MR) is 119 cm³/mol. The van der Waals surface area contributed by atoms with Crippen LogP contribution in [0.1, 0.15) is 20.7 Å². The lowest BCUT2D eigenvalue weighted by atomic mass is 10.1. The van der Waals surface area contributed by atoms with Gasteiger partial charge in [0.05, 0.1) is 16.8 Å². The number of rotatable bonds is 5. The number of hydrogen-bond donors (Lipinski definition) is 2. The minimum Gasteiger partial charge on any atom is -0.478 e. The molecule has 0 radical (unpaired) electrons. The normalized spacial score (nSPS) is 13.7. The van der Waals surface area contributed by atoms with E-state index in [0.717, 1.165) is 31.9 Å². The van der Waals surface area contributed by atoms with Gasteiger partial charge in [-0.05, 0) is 42.5 Å². The quantitative estimate of drug-likeness (QED) is 0.651. The number of nitrogens with zero attached hydrogens (tertiary/aromatic N) is 2. The van der Waals surface area contributed by atoms with Crippen molar-refractivity contribution in [1.29, 1.82) is 0 Å². The average molecular weight is 419 g/mol. The average Bonchev–Trinajstić information content (AvgIpc) is 2.80. The first-order chi connectivity index (χ1) is 15.0. The number of carbonyl (C=O) groups excluding carboxylic acids is 1. The fraction of sp³-hybridized carbons (Fsp3) is 0.167. The summed E-state index contributed by atoms with van der Waals surface area (Å²) in [6, 6.07) is 20.6. The number of carbonyl (C=O) groups is 2. The maximum absolute atomic E-state index is 13.9. The van der Waals surface area contributed by atoms with Crippen molar-refractivity contribution in [3.63, 3.8) is 0 Å². The van der Waals surface area contributed by atoms with Crippen LogP contribution in [0.15, 0.2) is 72.8 Å². The molecular weight excluding hydrogens is 397 g/mol. The molecule has 1 aliphatic heterocycles. The van der Waals surface area contributed by atoms with E-state index >= 15 is 0 Å². The molecule has 0 bridgehead atoms. The van der Waals surface area contributed by atoms with E-state index in [9.17, 15) is 19.1 Å². The third-order valence-corrected chi connectivity index (χ3v) is 5.37. The molecule has 3 aromatic rings. The molecule has 1 amide bonds. The maximum atomic E-state index is 13.9. The van der Waals surface area contributed by atoms with Crippen LogP contribution in [0.5, 0.6) is 0 Å². The molecule has 1 saturated heterocycles. The van der Waals surface area contributed by atoms with Crippen LogP contribution >= 0.6 is 0 Å². The topological polar surface area (TPSA) is 72.9 Å². The number of benzene rings is 3. The van der Waals surface area contributed by atoms with Crippen molar-refractivity contribution in [3.05, 3.63) is 89.7 Å². The number of carboxylic acid groups (broad SMARTS) is 1. The van der Waals surface area contributed by atoms with Crippen molar-refractivity contribution in [2.75, 3.05) is 41.3 Å². The van der Waals surface area contributed by atoms with Crippen molar-refractivity contribution in [2.24, 2.45) is 0 Å². The van der Waals surface area contributed by atoms with Crippen LogP contribution in [-0.4, -0.2) is 43.2 Å². The van der Waals surface area contributed by atoms with Crippen molar-refractivity contribution in [3.8, 4) is 0 Å². The second-order valence-electron chi connectivity index (χ2n) is 7.28. The molecule has 4 rings (SSSR count). The molecule has 0 saturated carbocycles. The van der Waals surface area contributed by atoms with Crippen LogP contribution in [0.3, 0.4) is 0 Å². The van der Waals surface area contributed by atoms with Crippen LogP contribution in [0.4, 0.5) is 21.5 Å². The molecule has 0 spiro atoms. The maximum Gasteiger partial charge on any atom is 0.337 e. The molecule has 2 N–H and O–H groups in total. The summed E-state index contributed by atoms with van der Waals surface area (Å²) >= 11 is 0. The summed E-state index contributed by atoms with van der Waals surface area (Å²) in [7, 11) is 0. The van der Waals surface area contributed by atoms with Gasteiger partial charge in [-0.15, -0.1) is 0 Å². The van der Waals surface area contributed by atoms with Crippen LogP contribution in [0.2, 0.25) is 0 Å². The number of amides is 1. The Morgan fingerprint density at radius 1 is 0.774 bits per heavy atom. The minimum absolute atomic E-state index is 0.0346. The molecule has 158 valence electrons. The highest BCUT2D eigenvalue weighted by Gasteiger charge is 2.21. The van der Waals surface area contributed by atoms with Gasteiger partial charge < -0.3 is 20.2 Å². The molecule has 1 heterocycles. The lowest BCUT2D eigenvalue weighted by Crippen LogP contribution is -2.46. The summed E-state index contributed by atoms with van der Waals surface area (Å²) < 4.78 is 13.9. The van der Waals surface area contributed by atoms with Gasteiger partial charge >= 0.3 is 5.97 Å². The van der Waals surface area contributed by atoms with E-state index in [4.69, 9.17) is 0 Å². The van der Waals surface area contributed by atoms with Crippen molar-refractivity contribution in [2.45, 2.75) is 0 Å². The largest absolute Gasteiger partial charge is 0.478 e. The van der Waals surface area contributed by atoms with Gasteiger partial charge in [0, 0.05) is 37.6 Å². The van der Waals surface area contributed by atoms with E-state index < -0.39 is 17.7 Å². The SMILES string of the molecule is O=C(Nc1ccc(N2CCN(c3ccccc3)CC2)cc1C(=O)O)c1ccccc1F. The fourth-order valence-electron chi connectivity index (χ4n) is 3.71. The zero-order chi connectivity index (χ0) is 21.8. The van der Waals surface area contributed by atoms with Crippen LogP contribution in [-0.2, 0) is 0 Å². The molecule has 0 unspecified atom stereocenters. The van der Waals surface area contributed by atoms with E-state index in [1.807, 2.05) is 18.2 Å². The van der Waals surface area contributed by atoms with E-state index in [1.165, 1.54) is 23.9 Å². The van der Waals surface area contributed by atoms with E-state index in [-0.39, 0.29) is 16.8 Å². The lowest BCUT2D eigenvalue weighted by Gasteiger charge is -2.37. The van der Waals surface area contributed by atoms with E-state index in [0.29, 0.717) is 0 Å². The molecule has 0 atom stereocenters. The Labute approximate surface area is 179 Å². The molecule has 0 aromatic heterocycles. The van der Waals surface area contributed by atoms with E-state index in [2.05, 4.69) is 27.2 Å². The molecule has 31 heavy (non-hydrogen) atoms. The standard InChI is InChI=1S/C24H22FN3O3/c25-21-9-5-4-8-19(21)23(29)26-22-11-10-18(16-20(22)24(30)31)28-14-12-27(13-15-28)17-6-2-1-3-7-17/h1-11,16H,12-15H2,(H,26,29)(H,30,31). The summed E-state index contributed by atoms with van der Waals surface area (Å²) in [4.78, 5) is 28.6. The Morgan fingerprint density at radius 2 is 1.39 bits per heavy atom. The molecule has 1 aliphatic rings. The first kappa shape index (κ1) is 20.4. The van der Waals surface area contributed by atoms with Gasteiger partial charge in [0.1, 0.15) is 5.82 Å². The Bertz CT molecular complexity index is 1100. The number of piperazine rings is 1. The highest BCUT2D eigenvalue weighted by atomic mass is 19.1. The third-order valence-electron chi connectivity index (χ3n) is 5.37. The zero-order valence-corrected chi connectivity index (χ0v) is 16.8. The second kappa shape index (κ2) is 8.87. The van der Waals surface area contributed by atoms with Crippen molar-refractivity contribution >= 4 is 28.9 Å². The monoisotopic (exact) mass is 419 g/mol. The Balaban J connectivity index is 1.50. The highest BCUT2D eigenvalue weighted by molar-refractivity contribution is 6.08. The number of aromatic carboxylic acids is 1. The van der Waals surface area contributed by atoms with Crippen LogP contribution in [0, 0.1) is 5.82 Å². The molecule has 6 nitrogen and oxygen atoms in total. The Morgan fingerprint density at radius 3 is 2.03 bits per heavy atom. The molecule has 0 aliphatic carbocycles. The molecule has 1 fully saturated rings. The molecular formula is C24H22FN3O3. The van der Waals surface area contributed by atoms with Gasteiger partial charge in [-0.2, -0.15) is 0 Å². The minimum atomic E-state index is -1.16. The second-order valence-corrected chi connectivity index (χ2v) is 7.28. The van der Waals surface area contributed by atoms with Gasteiger partial charge in [-0.25, -0.2) is 9.18 Å². The Hall–Kier alpha value is -3.87. The molecule has 3 aromatic carbocycles. The zero-order valence-electron chi connectivity index (χ0n) is 16.8. The van der Waals surface area contributed by atoms with Gasteiger partial charge in [-0.3, -0.25) is 4.79 Å². The Kier molecular flexibility index (Phi) is 5.84. The summed E-state index contributed by atoms with van der Waals surface area (Å²) in [6.07, 6.45) is 0. The van der Waals surface area contributed by atoms with Gasteiger partial charge in [0.2, 0.25) is 0 Å². The van der Waals surface area contributed by atoms with E-state index in [1.54, 1.807) is 24.3 Å². The molecule has 7 heteroatoms. The van der Waals surface area contributed by atoms with Gasteiger partial charge in [-0.1, -0.05) is 30.3 Å². The van der Waals surface area contributed by atoms with Gasteiger partial charge in [0.25, 0.3) is 5.91 Å². The van der Waals surface area contributed by atoms with Crippen LogP contribution < -0.4 is 15.1 Å².